The third kappa shape index (κ3) is 1.96. The summed E-state index contributed by atoms with van der Waals surface area (Å²) < 4.78 is 20.9. The number of rotatable bonds is 3. The summed E-state index contributed by atoms with van der Waals surface area (Å²) >= 11 is 1.37. The van der Waals surface area contributed by atoms with Crippen LogP contribution in [-0.2, 0) is 6.42 Å². The number of aryl methyl sites for hydroxylation is 1. The number of thiophene rings is 1. The Balaban J connectivity index is 2.36. The molecule has 4 nitrogen and oxygen atoms in total. The molecule has 0 aliphatic carbocycles. The molecule has 0 fully saturated rings. The Morgan fingerprint density at radius 3 is 3.00 bits per heavy atom. The molecule has 0 bridgehead atoms. The highest BCUT2D eigenvalue weighted by Crippen LogP contribution is 2.38. The molecule has 3 aromatic rings. The first-order chi connectivity index (χ1) is 9.74. The minimum atomic E-state index is -0.305. The normalized spacial score (nSPS) is 10.8. The molecule has 0 spiro atoms. The summed E-state index contributed by atoms with van der Waals surface area (Å²) in [4.78, 5) is 8.69. The molecule has 0 aliphatic rings. The highest BCUT2D eigenvalue weighted by molar-refractivity contribution is 7.26. The molecule has 0 saturated carbocycles. The second kappa shape index (κ2) is 5.02. The topological polar surface area (TPSA) is 58.8 Å². The van der Waals surface area contributed by atoms with Crippen molar-refractivity contribution in [1.82, 2.24) is 9.97 Å². The maximum absolute atomic E-state index is 14.0. The van der Waals surface area contributed by atoms with Crippen molar-refractivity contribution in [3.05, 3.63) is 29.8 Å². The zero-order chi connectivity index (χ0) is 14.1. The fraction of sp³-hybridized carbons (Fsp3) is 0.214. The fourth-order valence-corrected chi connectivity index (χ4v) is 3.12. The van der Waals surface area contributed by atoms with E-state index >= 15 is 0 Å². The zero-order valence-electron chi connectivity index (χ0n) is 10.7. The summed E-state index contributed by atoms with van der Waals surface area (Å²) in [6.45, 7) is 1.83. The van der Waals surface area contributed by atoms with Gasteiger partial charge in [-0.3, -0.25) is 0 Å². The number of nitriles is 1. The molecule has 20 heavy (non-hydrogen) atoms. The Hall–Kier alpha value is -2.26. The number of aromatic nitrogens is 2. The highest BCUT2D eigenvalue weighted by Gasteiger charge is 2.16. The summed E-state index contributed by atoms with van der Waals surface area (Å²) in [5, 5.41) is 9.13. The van der Waals surface area contributed by atoms with Crippen molar-refractivity contribution >= 4 is 31.6 Å². The molecule has 6 heteroatoms. The molecule has 0 radical (unpaired) electrons. The maximum atomic E-state index is 14.0. The Kier molecular flexibility index (Phi) is 3.20. The van der Waals surface area contributed by atoms with Gasteiger partial charge in [0.25, 0.3) is 0 Å². The van der Waals surface area contributed by atoms with Gasteiger partial charge in [0, 0.05) is 11.1 Å². The van der Waals surface area contributed by atoms with Crippen LogP contribution in [0.2, 0.25) is 0 Å². The third-order valence-electron chi connectivity index (χ3n) is 2.89. The first-order valence-electron chi connectivity index (χ1n) is 6.12. The van der Waals surface area contributed by atoms with E-state index in [9.17, 15) is 4.39 Å². The Morgan fingerprint density at radius 2 is 2.25 bits per heavy atom. The summed E-state index contributed by atoms with van der Waals surface area (Å²) in [5.41, 5.74) is 0.558. The van der Waals surface area contributed by atoms with Gasteiger partial charge in [-0.2, -0.15) is 10.2 Å². The lowest BCUT2D eigenvalue weighted by molar-refractivity contribution is 0.357. The molecule has 0 amide bonds. The third-order valence-corrected chi connectivity index (χ3v) is 4.03. The second-order valence-corrected chi connectivity index (χ2v) is 5.19. The Morgan fingerprint density at radius 1 is 1.40 bits per heavy atom. The van der Waals surface area contributed by atoms with E-state index in [1.165, 1.54) is 17.4 Å². The molecule has 0 unspecified atom stereocenters. The van der Waals surface area contributed by atoms with Gasteiger partial charge in [-0.25, -0.2) is 9.37 Å². The van der Waals surface area contributed by atoms with Gasteiger partial charge in [-0.05, 0) is 12.1 Å². The minimum absolute atomic E-state index is 0.0913. The summed E-state index contributed by atoms with van der Waals surface area (Å²) in [5.74, 6) is 0.628. The van der Waals surface area contributed by atoms with Crippen LogP contribution in [-0.4, -0.2) is 16.6 Å². The quantitative estimate of drug-likeness (QED) is 0.740. The van der Waals surface area contributed by atoms with Gasteiger partial charge < -0.3 is 4.74 Å². The van der Waals surface area contributed by atoms with Crippen molar-refractivity contribution in [2.75, 3.05) is 6.61 Å². The largest absolute Gasteiger partial charge is 0.461 e. The molecule has 0 N–H and O–H groups in total. The van der Waals surface area contributed by atoms with Gasteiger partial charge in [0.05, 0.1) is 10.9 Å². The first kappa shape index (κ1) is 12.8. The fourth-order valence-electron chi connectivity index (χ4n) is 2.02. The Labute approximate surface area is 118 Å². The van der Waals surface area contributed by atoms with Crippen LogP contribution in [0.5, 0.6) is 5.88 Å². The predicted molar refractivity (Wildman–Crippen MR) is 75.4 cm³/mol. The van der Waals surface area contributed by atoms with E-state index in [1.807, 2.05) is 19.1 Å². The van der Waals surface area contributed by atoms with Gasteiger partial charge in [0.2, 0.25) is 5.88 Å². The van der Waals surface area contributed by atoms with Gasteiger partial charge in [0.15, 0.2) is 6.61 Å². The highest BCUT2D eigenvalue weighted by atomic mass is 32.1. The number of benzene rings is 1. The lowest BCUT2D eigenvalue weighted by Gasteiger charge is -2.04. The molecular formula is C14H10FN3OS. The van der Waals surface area contributed by atoms with Crippen molar-refractivity contribution in [1.29, 1.82) is 5.26 Å². The van der Waals surface area contributed by atoms with E-state index in [0.29, 0.717) is 33.7 Å². The van der Waals surface area contributed by atoms with Crippen LogP contribution in [0.4, 0.5) is 4.39 Å². The zero-order valence-corrected chi connectivity index (χ0v) is 11.5. The lowest BCUT2D eigenvalue weighted by Crippen LogP contribution is -2.00. The molecule has 0 aliphatic heterocycles. The van der Waals surface area contributed by atoms with Gasteiger partial charge >= 0.3 is 0 Å². The molecule has 0 saturated heterocycles. The van der Waals surface area contributed by atoms with Crippen molar-refractivity contribution in [3.63, 3.8) is 0 Å². The average molecular weight is 287 g/mol. The molecule has 100 valence electrons. The number of halogens is 1. The van der Waals surface area contributed by atoms with E-state index in [1.54, 1.807) is 6.07 Å². The van der Waals surface area contributed by atoms with Crippen LogP contribution in [0.1, 0.15) is 12.7 Å². The van der Waals surface area contributed by atoms with Crippen LogP contribution in [0.3, 0.4) is 0 Å². The summed E-state index contributed by atoms with van der Waals surface area (Å²) in [6.07, 6.45) is 0.616. The van der Waals surface area contributed by atoms with Gasteiger partial charge in [-0.15, -0.1) is 11.3 Å². The van der Waals surface area contributed by atoms with Crippen LogP contribution in [0, 0.1) is 17.1 Å². The molecular weight excluding hydrogens is 277 g/mol. The van der Waals surface area contributed by atoms with Crippen LogP contribution >= 0.6 is 11.3 Å². The van der Waals surface area contributed by atoms with E-state index in [4.69, 9.17) is 10.00 Å². The summed E-state index contributed by atoms with van der Waals surface area (Å²) in [6, 6.07) is 6.83. The molecule has 0 atom stereocenters. The standard InChI is InChI=1S/C14H10FN3OS/c1-2-10-17-12-11-8(15)4-3-5-9(11)20-13(12)14(18-10)19-7-6-16/h3-5H,2,7H2,1H3. The van der Waals surface area contributed by atoms with Crippen molar-refractivity contribution in [3.8, 4) is 11.9 Å². The second-order valence-electron chi connectivity index (χ2n) is 4.14. The van der Waals surface area contributed by atoms with E-state index in [-0.39, 0.29) is 12.4 Å². The Bertz CT molecular complexity index is 838. The van der Waals surface area contributed by atoms with Crippen LogP contribution in [0.25, 0.3) is 20.3 Å². The van der Waals surface area contributed by atoms with E-state index < -0.39 is 0 Å². The minimum Gasteiger partial charge on any atom is -0.461 e. The molecule has 3 rings (SSSR count). The predicted octanol–water partition coefficient (Wildman–Crippen LogP) is 3.45. The molecule has 2 aromatic heterocycles. The molecule has 1 aromatic carbocycles. The monoisotopic (exact) mass is 287 g/mol. The summed E-state index contributed by atoms with van der Waals surface area (Å²) in [7, 11) is 0. The van der Waals surface area contributed by atoms with E-state index in [0.717, 1.165) is 4.70 Å². The number of ether oxygens (including phenoxy) is 1. The SMILES string of the molecule is CCc1nc(OCC#N)c2sc3cccc(F)c3c2n1. The number of hydrogen-bond acceptors (Lipinski definition) is 5. The van der Waals surface area contributed by atoms with Crippen molar-refractivity contribution in [2.45, 2.75) is 13.3 Å². The van der Waals surface area contributed by atoms with Crippen LogP contribution in [0.15, 0.2) is 18.2 Å². The van der Waals surface area contributed by atoms with Crippen LogP contribution < -0.4 is 4.74 Å². The molecule has 2 heterocycles. The van der Waals surface area contributed by atoms with Gasteiger partial charge in [-0.1, -0.05) is 13.0 Å². The van der Waals surface area contributed by atoms with Crippen molar-refractivity contribution < 1.29 is 9.13 Å². The van der Waals surface area contributed by atoms with Gasteiger partial charge in [0.1, 0.15) is 22.4 Å². The lowest BCUT2D eigenvalue weighted by atomic mass is 10.2. The number of fused-ring (bicyclic) bond motifs is 3. The maximum Gasteiger partial charge on any atom is 0.236 e. The number of hydrogen-bond donors (Lipinski definition) is 0. The smallest absolute Gasteiger partial charge is 0.236 e. The van der Waals surface area contributed by atoms with E-state index in [2.05, 4.69) is 9.97 Å². The first-order valence-corrected chi connectivity index (χ1v) is 6.93. The van der Waals surface area contributed by atoms with Crippen molar-refractivity contribution in [2.24, 2.45) is 0 Å². The average Bonchev–Trinajstić information content (AvgIpc) is 2.84. The number of nitrogens with zero attached hydrogens (tertiary/aromatic N) is 3.